The minimum Gasteiger partial charge on any atom is -0.299 e. The van der Waals surface area contributed by atoms with Crippen LogP contribution in [0.15, 0.2) is 18.2 Å². The van der Waals surface area contributed by atoms with Crippen molar-refractivity contribution >= 4 is 27.5 Å². The minimum absolute atomic E-state index is 0.799. The molecule has 3 heteroatoms. The standard InChI is InChI=1S/C14H19BrClN/c1-11-4-5-13(14(16)7-11)10-17-6-2-3-12(8-15)9-17/h4-5,7,12H,2-3,6,8-10H2,1H3. The van der Waals surface area contributed by atoms with E-state index in [-0.39, 0.29) is 0 Å². The van der Waals surface area contributed by atoms with Gasteiger partial charge in [0.05, 0.1) is 0 Å². The molecule has 1 aliphatic rings. The van der Waals surface area contributed by atoms with Gasteiger partial charge in [-0.3, -0.25) is 4.90 Å². The monoisotopic (exact) mass is 315 g/mol. The van der Waals surface area contributed by atoms with Gasteiger partial charge >= 0.3 is 0 Å². The highest BCUT2D eigenvalue weighted by molar-refractivity contribution is 9.09. The van der Waals surface area contributed by atoms with Gasteiger partial charge in [0, 0.05) is 23.4 Å². The van der Waals surface area contributed by atoms with Crippen LogP contribution in [0.25, 0.3) is 0 Å². The average molecular weight is 317 g/mol. The first-order valence-corrected chi connectivity index (χ1v) is 7.72. The number of alkyl halides is 1. The molecule has 1 aromatic carbocycles. The fourth-order valence-electron chi connectivity index (χ4n) is 2.44. The summed E-state index contributed by atoms with van der Waals surface area (Å²) in [6.07, 6.45) is 2.66. The van der Waals surface area contributed by atoms with E-state index in [0.29, 0.717) is 0 Å². The molecule has 0 bridgehead atoms. The number of nitrogens with zero attached hydrogens (tertiary/aromatic N) is 1. The summed E-state index contributed by atoms with van der Waals surface area (Å²) in [5.41, 5.74) is 2.49. The second kappa shape index (κ2) is 6.21. The zero-order chi connectivity index (χ0) is 12.3. The Morgan fingerprint density at radius 1 is 1.47 bits per heavy atom. The third kappa shape index (κ3) is 3.70. The number of likely N-dealkylation sites (tertiary alicyclic amines) is 1. The number of aryl methyl sites for hydroxylation is 1. The normalized spacial score (nSPS) is 21.7. The Kier molecular flexibility index (Phi) is 4.89. The van der Waals surface area contributed by atoms with Crippen LogP contribution in [0.4, 0.5) is 0 Å². The van der Waals surface area contributed by atoms with Crippen molar-refractivity contribution in [1.82, 2.24) is 4.90 Å². The molecular formula is C14H19BrClN. The lowest BCUT2D eigenvalue weighted by atomic mass is 9.99. The van der Waals surface area contributed by atoms with Crippen molar-refractivity contribution < 1.29 is 0 Å². The average Bonchev–Trinajstić information content (AvgIpc) is 2.33. The van der Waals surface area contributed by atoms with E-state index in [1.54, 1.807) is 0 Å². The van der Waals surface area contributed by atoms with E-state index >= 15 is 0 Å². The molecule has 1 fully saturated rings. The molecule has 0 saturated carbocycles. The van der Waals surface area contributed by atoms with Gasteiger partial charge in [-0.25, -0.2) is 0 Å². The van der Waals surface area contributed by atoms with Gasteiger partial charge in [-0.05, 0) is 49.4 Å². The van der Waals surface area contributed by atoms with Crippen LogP contribution in [0.1, 0.15) is 24.0 Å². The Hall–Kier alpha value is -0.0500. The molecule has 1 unspecified atom stereocenters. The van der Waals surface area contributed by atoms with E-state index in [1.165, 1.54) is 37.1 Å². The molecule has 17 heavy (non-hydrogen) atoms. The maximum Gasteiger partial charge on any atom is 0.0453 e. The number of halogens is 2. The number of benzene rings is 1. The molecule has 0 amide bonds. The molecule has 1 nitrogen and oxygen atoms in total. The van der Waals surface area contributed by atoms with E-state index in [1.807, 2.05) is 0 Å². The first kappa shape index (κ1) is 13.4. The lowest BCUT2D eigenvalue weighted by Gasteiger charge is -2.32. The van der Waals surface area contributed by atoms with Crippen LogP contribution in [0.3, 0.4) is 0 Å². The first-order chi connectivity index (χ1) is 8.19. The smallest absolute Gasteiger partial charge is 0.0453 e. The summed E-state index contributed by atoms with van der Waals surface area (Å²) in [7, 11) is 0. The number of rotatable bonds is 3. The predicted molar refractivity (Wildman–Crippen MR) is 78.0 cm³/mol. The van der Waals surface area contributed by atoms with Gasteiger partial charge in [0.2, 0.25) is 0 Å². The van der Waals surface area contributed by atoms with Crippen molar-refractivity contribution in [2.24, 2.45) is 5.92 Å². The second-order valence-corrected chi connectivity index (χ2v) is 6.05. The highest BCUT2D eigenvalue weighted by Crippen LogP contribution is 2.23. The molecule has 0 spiro atoms. The summed E-state index contributed by atoms with van der Waals surface area (Å²) < 4.78 is 0. The fourth-order valence-corrected chi connectivity index (χ4v) is 3.27. The first-order valence-electron chi connectivity index (χ1n) is 6.22. The van der Waals surface area contributed by atoms with Crippen LogP contribution in [0.5, 0.6) is 0 Å². The summed E-state index contributed by atoms with van der Waals surface area (Å²) in [5.74, 6) is 0.799. The molecule has 1 saturated heterocycles. The molecule has 2 rings (SSSR count). The molecule has 1 aromatic rings. The Morgan fingerprint density at radius 2 is 2.29 bits per heavy atom. The summed E-state index contributed by atoms with van der Waals surface area (Å²) in [5, 5.41) is 2.02. The van der Waals surface area contributed by atoms with Gasteiger partial charge in [-0.15, -0.1) is 0 Å². The third-order valence-electron chi connectivity index (χ3n) is 3.42. The molecule has 1 aliphatic heterocycles. The van der Waals surface area contributed by atoms with Crippen molar-refractivity contribution in [3.05, 3.63) is 34.3 Å². The van der Waals surface area contributed by atoms with Crippen LogP contribution in [0.2, 0.25) is 5.02 Å². The molecule has 1 heterocycles. The van der Waals surface area contributed by atoms with E-state index < -0.39 is 0 Å². The Morgan fingerprint density at radius 3 is 3.00 bits per heavy atom. The number of hydrogen-bond acceptors (Lipinski definition) is 1. The molecule has 0 N–H and O–H groups in total. The van der Waals surface area contributed by atoms with Crippen molar-refractivity contribution in [3.63, 3.8) is 0 Å². The Balaban J connectivity index is 2.00. The SMILES string of the molecule is Cc1ccc(CN2CCCC(CBr)C2)c(Cl)c1. The molecule has 0 aromatic heterocycles. The van der Waals surface area contributed by atoms with E-state index in [0.717, 1.165) is 22.8 Å². The highest BCUT2D eigenvalue weighted by Gasteiger charge is 2.19. The second-order valence-electron chi connectivity index (χ2n) is 4.99. The van der Waals surface area contributed by atoms with Gasteiger partial charge in [-0.2, -0.15) is 0 Å². The van der Waals surface area contributed by atoms with Crippen molar-refractivity contribution in [1.29, 1.82) is 0 Å². The van der Waals surface area contributed by atoms with E-state index in [9.17, 15) is 0 Å². The third-order valence-corrected chi connectivity index (χ3v) is 4.69. The molecule has 0 aliphatic carbocycles. The van der Waals surface area contributed by atoms with Crippen LogP contribution in [0, 0.1) is 12.8 Å². The molecule has 0 radical (unpaired) electrons. The predicted octanol–water partition coefficient (Wildman–Crippen LogP) is 4.26. The summed E-state index contributed by atoms with van der Waals surface area (Å²) in [4.78, 5) is 2.52. The molecule has 1 atom stereocenters. The summed E-state index contributed by atoms with van der Waals surface area (Å²) in [6, 6.07) is 6.37. The van der Waals surface area contributed by atoms with Crippen LogP contribution < -0.4 is 0 Å². The molecular weight excluding hydrogens is 298 g/mol. The van der Waals surface area contributed by atoms with Gasteiger partial charge in [-0.1, -0.05) is 39.7 Å². The maximum atomic E-state index is 6.28. The van der Waals surface area contributed by atoms with Crippen LogP contribution >= 0.6 is 27.5 Å². The largest absolute Gasteiger partial charge is 0.299 e. The summed E-state index contributed by atoms with van der Waals surface area (Å²) in [6.45, 7) is 5.46. The van der Waals surface area contributed by atoms with Gasteiger partial charge in [0.15, 0.2) is 0 Å². The van der Waals surface area contributed by atoms with Gasteiger partial charge in [0.1, 0.15) is 0 Å². The zero-order valence-electron chi connectivity index (χ0n) is 10.3. The van der Waals surface area contributed by atoms with Crippen molar-refractivity contribution in [2.75, 3.05) is 18.4 Å². The lowest BCUT2D eigenvalue weighted by molar-refractivity contribution is 0.179. The fraction of sp³-hybridized carbons (Fsp3) is 0.571. The number of piperidine rings is 1. The van der Waals surface area contributed by atoms with Crippen LogP contribution in [-0.4, -0.2) is 23.3 Å². The van der Waals surface area contributed by atoms with Crippen LogP contribution in [-0.2, 0) is 6.54 Å². The summed E-state index contributed by atoms with van der Waals surface area (Å²) >= 11 is 9.88. The Bertz CT molecular complexity index is 380. The number of hydrogen-bond donors (Lipinski definition) is 0. The Labute approximate surface area is 117 Å². The van der Waals surface area contributed by atoms with Crippen molar-refractivity contribution in [2.45, 2.75) is 26.3 Å². The zero-order valence-corrected chi connectivity index (χ0v) is 12.6. The quantitative estimate of drug-likeness (QED) is 0.753. The maximum absolute atomic E-state index is 6.28. The molecule has 94 valence electrons. The highest BCUT2D eigenvalue weighted by atomic mass is 79.9. The lowest BCUT2D eigenvalue weighted by Crippen LogP contribution is -2.35. The minimum atomic E-state index is 0.799. The topological polar surface area (TPSA) is 3.24 Å². The van der Waals surface area contributed by atoms with E-state index in [2.05, 4.69) is 46.0 Å². The van der Waals surface area contributed by atoms with Gasteiger partial charge in [0.25, 0.3) is 0 Å². The van der Waals surface area contributed by atoms with Crippen molar-refractivity contribution in [3.8, 4) is 0 Å². The van der Waals surface area contributed by atoms with Gasteiger partial charge < -0.3 is 0 Å². The van der Waals surface area contributed by atoms with E-state index in [4.69, 9.17) is 11.6 Å².